The Kier molecular flexibility index (Phi) is 7.21. The molecule has 0 aliphatic carbocycles. The first-order valence-corrected chi connectivity index (χ1v) is 5.64. The predicted octanol–water partition coefficient (Wildman–Crippen LogP) is 2.05. The third-order valence-corrected chi connectivity index (χ3v) is 2.86. The molecule has 0 radical (unpaired) electrons. The summed E-state index contributed by atoms with van der Waals surface area (Å²) in [6.07, 6.45) is 1.86. The molecule has 1 atom stereocenters. The summed E-state index contributed by atoms with van der Waals surface area (Å²) in [5, 5.41) is 9.28. The zero-order valence-electron chi connectivity index (χ0n) is 11.1. The number of anilines is 1. The molecule has 1 aromatic rings. The van der Waals surface area contributed by atoms with Gasteiger partial charge < -0.3 is 21.7 Å². The van der Waals surface area contributed by atoms with E-state index in [1.165, 1.54) is 4.90 Å². The standard InChI is InChI=1S/C14H19NO2.U/c1-11(2)15(10-17)13-7-5-12(6-8-13)14(3,4)9-16;/h5-8,11,16H,1,9H2,2-4H3;/q-2;+2/t11-;/m1./s1. The van der Waals surface area contributed by atoms with Crippen molar-refractivity contribution in [1.82, 2.24) is 0 Å². The number of rotatable bonds is 5. The van der Waals surface area contributed by atoms with Crippen molar-refractivity contribution in [1.29, 1.82) is 0 Å². The number of hydrogen-bond acceptors (Lipinski definition) is 2. The van der Waals surface area contributed by atoms with E-state index in [4.69, 9.17) is 0 Å². The van der Waals surface area contributed by atoms with Crippen LogP contribution < -0.4 is 4.90 Å². The fourth-order valence-electron chi connectivity index (χ4n) is 1.56. The van der Waals surface area contributed by atoms with Crippen LogP contribution in [0.3, 0.4) is 0 Å². The van der Waals surface area contributed by atoms with Crippen molar-refractivity contribution >= 4 is 12.1 Å². The zero-order chi connectivity index (χ0) is 13.1. The van der Waals surface area contributed by atoms with Gasteiger partial charge in [0.15, 0.2) is 0 Å². The van der Waals surface area contributed by atoms with Crippen molar-refractivity contribution < 1.29 is 41.0 Å². The summed E-state index contributed by atoms with van der Waals surface area (Å²) in [6.45, 7) is 9.65. The Balaban J connectivity index is 0.00000289. The number of benzene rings is 1. The van der Waals surface area contributed by atoms with Crippen LogP contribution in [0.2, 0.25) is 0 Å². The first-order chi connectivity index (χ1) is 7.92. The Morgan fingerprint density at radius 1 is 1.39 bits per heavy atom. The van der Waals surface area contributed by atoms with Crippen LogP contribution in [0.25, 0.3) is 0 Å². The molecule has 0 bridgehead atoms. The van der Waals surface area contributed by atoms with E-state index < -0.39 is 0 Å². The molecule has 1 amide bonds. The van der Waals surface area contributed by atoms with E-state index in [0.29, 0.717) is 0 Å². The van der Waals surface area contributed by atoms with Gasteiger partial charge in [0.25, 0.3) is 0 Å². The Hall–Kier alpha value is -0.298. The summed E-state index contributed by atoms with van der Waals surface area (Å²) in [5.41, 5.74) is 1.52. The molecule has 3 nitrogen and oxygen atoms in total. The van der Waals surface area contributed by atoms with E-state index in [1.54, 1.807) is 0 Å². The van der Waals surface area contributed by atoms with Gasteiger partial charge in [0.1, 0.15) is 0 Å². The first-order valence-electron chi connectivity index (χ1n) is 5.64. The molecule has 0 saturated heterocycles. The molecule has 96 valence electrons. The van der Waals surface area contributed by atoms with E-state index in [2.05, 4.69) is 6.92 Å². The van der Waals surface area contributed by atoms with Crippen molar-refractivity contribution in [3.63, 3.8) is 0 Å². The van der Waals surface area contributed by atoms with Gasteiger partial charge in [-0.15, -0.1) is 23.9 Å². The van der Waals surface area contributed by atoms with Crippen molar-refractivity contribution in [3.8, 4) is 0 Å². The van der Waals surface area contributed by atoms with Crippen LogP contribution in [-0.2, 0) is 10.2 Å². The monoisotopic (exact) mass is 471 g/mol. The van der Waals surface area contributed by atoms with Crippen molar-refractivity contribution in [2.24, 2.45) is 0 Å². The van der Waals surface area contributed by atoms with E-state index in [-0.39, 0.29) is 49.2 Å². The summed E-state index contributed by atoms with van der Waals surface area (Å²) in [4.78, 5) is 12.2. The third kappa shape index (κ3) is 4.12. The van der Waals surface area contributed by atoms with Gasteiger partial charge in [0.2, 0.25) is 0 Å². The summed E-state index contributed by atoms with van der Waals surface area (Å²) < 4.78 is 0. The summed E-state index contributed by atoms with van der Waals surface area (Å²) in [6, 6.07) is 7.36. The summed E-state index contributed by atoms with van der Waals surface area (Å²) in [5.74, 6) is 0. The second kappa shape index (κ2) is 7.33. The second-order valence-electron chi connectivity index (χ2n) is 4.90. The molecule has 4 heteroatoms. The van der Waals surface area contributed by atoms with Gasteiger partial charge in [0, 0.05) is 5.41 Å². The fourth-order valence-corrected chi connectivity index (χ4v) is 1.56. The Labute approximate surface area is 133 Å². The average molecular weight is 471 g/mol. The van der Waals surface area contributed by atoms with Gasteiger partial charge in [0.05, 0.1) is 13.0 Å². The molecule has 0 aliphatic heterocycles. The topological polar surface area (TPSA) is 40.5 Å². The quantitative estimate of drug-likeness (QED) is 0.528. The minimum absolute atomic E-state index is 0. The fraction of sp³-hybridized carbons (Fsp3) is 0.429. The molecule has 0 saturated carbocycles. The van der Waals surface area contributed by atoms with Gasteiger partial charge >= 0.3 is 31.1 Å². The van der Waals surface area contributed by atoms with Crippen LogP contribution in [0.1, 0.15) is 26.3 Å². The Morgan fingerprint density at radius 3 is 2.22 bits per heavy atom. The van der Waals surface area contributed by atoms with E-state index in [9.17, 15) is 9.90 Å². The summed E-state index contributed by atoms with van der Waals surface area (Å²) in [7, 11) is 0. The molecule has 1 aromatic carbocycles. The molecule has 0 unspecified atom stereocenters. The number of carbonyl (C=O) groups excluding carboxylic acids is 1. The number of hydrogen-bond donors (Lipinski definition) is 1. The summed E-state index contributed by atoms with van der Waals surface area (Å²) >= 11 is 0. The molecular weight excluding hydrogens is 452 g/mol. The zero-order valence-corrected chi connectivity index (χ0v) is 15.3. The molecule has 1 rings (SSSR count). The molecule has 0 aliphatic rings. The normalized spacial score (nSPS) is 12.5. The third-order valence-electron chi connectivity index (χ3n) is 2.86. The molecule has 0 spiro atoms. The largest absolute Gasteiger partial charge is 2.00 e. The van der Waals surface area contributed by atoms with Crippen molar-refractivity contribution in [2.45, 2.75) is 32.2 Å². The van der Waals surface area contributed by atoms with E-state index in [1.807, 2.05) is 51.4 Å². The van der Waals surface area contributed by atoms with Crippen LogP contribution >= 0.6 is 0 Å². The number of amides is 1. The second-order valence-corrected chi connectivity index (χ2v) is 4.90. The minimum Gasteiger partial charge on any atom is -0.500 e. The Bertz CT molecular complexity index is 374. The average Bonchev–Trinajstić information content (AvgIpc) is 2.30. The maximum atomic E-state index is 10.8. The van der Waals surface area contributed by atoms with Crippen molar-refractivity contribution in [2.75, 3.05) is 11.5 Å². The molecule has 1 N–H and O–H groups in total. The number of aliphatic hydroxyl groups excluding tert-OH is 1. The maximum Gasteiger partial charge on any atom is 2.00 e. The van der Waals surface area contributed by atoms with Crippen molar-refractivity contribution in [3.05, 3.63) is 36.8 Å². The number of nitrogens with zero attached hydrogens (tertiary/aromatic N) is 1. The van der Waals surface area contributed by atoms with Gasteiger partial charge in [-0.25, -0.2) is 0 Å². The maximum absolute atomic E-state index is 10.8. The SMILES string of the molecule is [CH2-][C@H](C)N([C-]=O)c1ccc(C(C)(C)CO)cc1.[U+2]. The molecule has 0 heterocycles. The van der Waals surface area contributed by atoms with Crippen LogP contribution in [-0.4, -0.2) is 24.2 Å². The van der Waals surface area contributed by atoms with Gasteiger partial charge in [-0.1, -0.05) is 32.9 Å². The van der Waals surface area contributed by atoms with E-state index in [0.717, 1.165) is 11.3 Å². The molecule has 0 aromatic heterocycles. The number of aliphatic hydroxyl groups is 1. The smallest absolute Gasteiger partial charge is 0.500 e. The van der Waals surface area contributed by atoms with Crippen LogP contribution in [0, 0.1) is 38.0 Å². The van der Waals surface area contributed by atoms with E-state index >= 15 is 0 Å². The van der Waals surface area contributed by atoms with Crippen LogP contribution in [0.15, 0.2) is 24.3 Å². The predicted molar refractivity (Wildman–Crippen MR) is 69.5 cm³/mol. The van der Waals surface area contributed by atoms with Crippen LogP contribution in [0.4, 0.5) is 5.69 Å². The minimum atomic E-state index is -0.273. The molecule has 0 fully saturated rings. The van der Waals surface area contributed by atoms with Crippen LogP contribution in [0.5, 0.6) is 0 Å². The van der Waals surface area contributed by atoms with Gasteiger partial charge in [-0.05, 0) is 5.56 Å². The van der Waals surface area contributed by atoms with Gasteiger partial charge in [-0.2, -0.15) is 0 Å². The molecular formula is C14H19NO2U. The van der Waals surface area contributed by atoms with Gasteiger partial charge in [-0.3, -0.25) is 0 Å². The molecule has 18 heavy (non-hydrogen) atoms. The first kappa shape index (κ1) is 17.7. The Morgan fingerprint density at radius 2 is 1.89 bits per heavy atom.